The minimum atomic E-state index is -1.15. The third-order valence-corrected chi connectivity index (χ3v) is 5.85. The predicted octanol–water partition coefficient (Wildman–Crippen LogP) is -0.679. The number of amides is 1. The molecule has 0 aromatic carbocycles. The standard InChI is InChI=1S/C14H21N3O5S2/c1-3-23-8-24(22)7-10(6-18)16-12(19)5-4-11-9(2)15-14(21)17-13(11)20/h4-5,10,18H,3,6-8H2,1-2H3,(H,16,19)(H2,15,17,20,21)/b5-4+/t10-,24?/m0/s1. The van der Waals surface area contributed by atoms with Crippen molar-refractivity contribution in [2.24, 2.45) is 0 Å². The van der Waals surface area contributed by atoms with E-state index in [0.717, 1.165) is 11.8 Å². The fraction of sp³-hybridized carbons (Fsp3) is 0.500. The number of nitrogens with one attached hydrogen (secondary N) is 3. The predicted molar refractivity (Wildman–Crippen MR) is 96.5 cm³/mol. The third-order valence-electron chi connectivity index (χ3n) is 2.95. The Morgan fingerprint density at radius 1 is 1.42 bits per heavy atom. The number of rotatable bonds is 9. The lowest BCUT2D eigenvalue weighted by atomic mass is 10.2. The highest BCUT2D eigenvalue weighted by atomic mass is 32.2. The van der Waals surface area contributed by atoms with Crippen LogP contribution in [0.4, 0.5) is 0 Å². The van der Waals surface area contributed by atoms with E-state index in [0.29, 0.717) is 10.8 Å². The van der Waals surface area contributed by atoms with Crippen LogP contribution in [-0.4, -0.2) is 54.4 Å². The summed E-state index contributed by atoms with van der Waals surface area (Å²) in [5, 5.41) is 12.3. The zero-order chi connectivity index (χ0) is 18.1. The van der Waals surface area contributed by atoms with Crippen molar-refractivity contribution in [2.75, 3.05) is 23.2 Å². The number of aliphatic hydroxyl groups excluding tert-OH is 1. The summed E-state index contributed by atoms with van der Waals surface area (Å²) in [4.78, 5) is 39.1. The lowest BCUT2D eigenvalue weighted by Gasteiger charge is -2.14. The molecule has 1 unspecified atom stereocenters. The highest BCUT2D eigenvalue weighted by molar-refractivity contribution is 8.10. The molecule has 2 atom stereocenters. The van der Waals surface area contributed by atoms with Gasteiger partial charge in [0.1, 0.15) is 0 Å². The summed E-state index contributed by atoms with van der Waals surface area (Å²) in [6.07, 6.45) is 2.40. The van der Waals surface area contributed by atoms with Crippen LogP contribution in [0.15, 0.2) is 15.7 Å². The molecule has 24 heavy (non-hydrogen) atoms. The van der Waals surface area contributed by atoms with Gasteiger partial charge in [0.15, 0.2) is 0 Å². The molecule has 0 radical (unpaired) electrons. The van der Waals surface area contributed by atoms with Gasteiger partial charge in [-0.3, -0.25) is 18.8 Å². The second kappa shape index (κ2) is 10.3. The van der Waals surface area contributed by atoms with E-state index in [9.17, 15) is 23.7 Å². The van der Waals surface area contributed by atoms with Gasteiger partial charge >= 0.3 is 5.69 Å². The fourth-order valence-corrected chi connectivity index (χ4v) is 4.24. The lowest BCUT2D eigenvalue weighted by molar-refractivity contribution is -0.117. The fourth-order valence-electron chi connectivity index (χ4n) is 1.81. The van der Waals surface area contributed by atoms with Crippen LogP contribution < -0.4 is 16.6 Å². The van der Waals surface area contributed by atoms with Crippen LogP contribution in [-0.2, 0) is 15.6 Å². The normalized spacial score (nSPS) is 13.8. The Bertz CT molecular complexity index is 726. The maximum Gasteiger partial charge on any atom is 0.325 e. The van der Waals surface area contributed by atoms with Crippen molar-refractivity contribution in [3.63, 3.8) is 0 Å². The molecule has 0 saturated carbocycles. The molecule has 0 aliphatic rings. The number of carbonyl (C=O) groups is 1. The summed E-state index contributed by atoms with van der Waals surface area (Å²) in [5.41, 5.74) is -0.721. The number of hydrogen-bond acceptors (Lipinski definition) is 6. The number of H-pyrrole nitrogens is 2. The summed E-state index contributed by atoms with van der Waals surface area (Å²) in [7, 11) is -1.15. The molecular weight excluding hydrogens is 354 g/mol. The van der Waals surface area contributed by atoms with Gasteiger partial charge in [0.25, 0.3) is 5.56 Å². The van der Waals surface area contributed by atoms with Gasteiger partial charge in [0.05, 0.1) is 23.3 Å². The molecule has 1 heterocycles. The second-order valence-electron chi connectivity index (χ2n) is 4.89. The molecule has 1 amide bonds. The zero-order valence-corrected chi connectivity index (χ0v) is 15.1. The first-order chi connectivity index (χ1) is 11.4. The number of carbonyl (C=O) groups excluding carboxylic acids is 1. The molecule has 0 fully saturated rings. The van der Waals surface area contributed by atoms with Crippen molar-refractivity contribution in [1.82, 2.24) is 15.3 Å². The molecule has 8 nitrogen and oxygen atoms in total. The van der Waals surface area contributed by atoms with E-state index in [-0.39, 0.29) is 17.9 Å². The molecule has 134 valence electrons. The minimum Gasteiger partial charge on any atom is -0.394 e. The number of aliphatic hydroxyl groups is 1. The van der Waals surface area contributed by atoms with Crippen LogP contribution in [0, 0.1) is 6.92 Å². The zero-order valence-electron chi connectivity index (χ0n) is 13.5. The molecule has 1 aromatic rings. The van der Waals surface area contributed by atoms with Crippen LogP contribution in [0.1, 0.15) is 18.2 Å². The Labute approximate surface area is 145 Å². The van der Waals surface area contributed by atoms with E-state index < -0.39 is 34.0 Å². The second-order valence-corrected chi connectivity index (χ2v) is 8.03. The number of thioether (sulfide) groups is 1. The Morgan fingerprint density at radius 3 is 2.71 bits per heavy atom. The van der Waals surface area contributed by atoms with Crippen LogP contribution in [0.3, 0.4) is 0 Å². The maximum absolute atomic E-state index is 11.9. The van der Waals surface area contributed by atoms with Crippen molar-refractivity contribution in [3.05, 3.63) is 38.2 Å². The first-order valence-corrected chi connectivity index (χ1v) is 9.87. The molecular formula is C14H21N3O5S2. The third kappa shape index (κ3) is 6.85. The first-order valence-electron chi connectivity index (χ1n) is 7.22. The van der Waals surface area contributed by atoms with E-state index >= 15 is 0 Å². The Kier molecular flexibility index (Phi) is 8.72. The van der Waals surface area contributed by atoms with Gasteiger partial charge in [-0.05, 0) is 18.8 Å². The van der Waals surface area contributed by atoms with Crippen molar-refractivity contribution in [3.8, 4) is 0 Å². The summed E-state index contributed by atoms with van der Waals surface area (Å²) in [6, 6.07) is -0.629. The molecule has 4 N–H and O–H groups in total. The lowest BCUT2D eigenvalue weighted by Crippen LogP contribution is -2.40. The molecule has 0 spiro atoms. The minimum absolute atomic E-state index is 0.154. The Hall–Kier alpha value is -1.65. The van der Waals surface area contributed by atoms with E-state index in [2.05, 4.69) is 15.3 Å². The average molecular weight is 375 g/mol. The van der Waals surface area contributed by atoms with Crippen LogP contribution in [0.5, 0.6) is 0 Å². The maximum atomic E-state index is 11.9. The molecule has 1 aromatic heterocycles. The average Bonchev–Trinajstić information content (AvgIpc) is 2.51. The highest BCUT2D eigenvalue weighted by Gasteiger charge is 2.13. The summed E-state index contributed by atoms with van der Waals surface area (Å²) in [6.45, 7) is 3.16. The van der Waals surface area contributed by atoms with Gasteiger partial charge in [0.2, 0.25) is 5.91 Å². The van der Waals surface area contributed by atoms with Gasteiger partial charge in [-0.25, -0.2) is 4.79 Å². The Balaban J connectivity index is 2.69. The summed E-state index contributed by atoms with van der Waals surface area (Å²) in [5.74, 6) is 0.471. The van der Waals surface area contributed by atoms with Crippen LogP contribution in [0.2, 0.25) is 0 Å². The summed E-state index contributed by atoms with van der Waals surface area (Å²) >= 11 is 1.52. The topological polar surface area (TPSA) is 132 Å². The highest BCUT2D eigenvalue weighted by Crippen LogP contribution is 2.03. The first kappa shape index (κ1) is 20.4. The van der Waals surface area contributed by atoms with Crippen molar-refractivity contribution >= 4 is 34.5 Å². The van der Waals surface area contributed by atoms with Gasteiger partial charge in [-0.1, -0.05) is 6.92 Å². The largest absolute Gasteiger partial charge is 0.394 e. The van der Waals surface area contributed by atoms with Crippen molar-refractivity contribution in [1.29, 1.82) is 0 Å². The van der Waals surface area contributed by atoms with Crippen LogP contribution in [0.25, 0.3) is 6.08 Å². The van der Waals surface area contributed by atoms with Gasteiger partial charge in [0, 0.05) is 28.3 Å². The monoisotopic (exact) mass is 375 g/mol. The Morgan fingerprint density at radius 2 is 2.12 bits per heavy atom. The SMILES string of the molecule is CCSCS(=O)C[C@H](CO)NC(=O)/C=C/c1c(C)[nH]c(=O)[nH]c1=O. The number of aromatic amines is 2. The number of aromatic nitrogens is 2. The number of hydrogen-bond donors (Lipinski definition) is 4. The van der Waals surface area contributed by atoms with E-state index in [4.69, 9.17) is 0 Å². The molecule has 1 rings (SSSR count). The quantitative estimate of drug-likeness (QED) is 0.423. The van der Waals surface area contributed by atoms with Crippen LogP contribution >= 0.6 is 11.8 Å². The van der Waals surface area contributed by atoms with E-state index in [1.54, 1.807) is 6.92 Å². The molecule has 0 saturated heterocycles. The molecule has 0 aliphatic heterocycles. The molecule has 0 bridgehead atoms. The van der Waals surface area contributed by atoms with Crippen molar-refractivity contribution < 1.29 is 14.1 Å². The van der Waals surface area contributed by atoms with Gasteiger partial charge in [-0.2, -0.15) is 0 Å². The van der Waals surface area contributed by atoms with E-state index in [1.165, 1.54) is 17.8 Å². The van der Waals surface area contributed by atoms with Crippen molar-refractivity contribution in [2.45, 2.75) is 19.9 Å². The number of aryl methyl sites for hydroxylation is 1. The molecule has 10 heteroatoms. The smallest absolute Gasteiger partial charge is 0.325 e. The molecule has 0 aliphatic carbocycles. The van der Waals surface area contributed by atoms with E-state index in [1.807, 2.05) is 6.92 Å². The van der Waals surface area contributed by atoms with Gasteiger partial charge < -0.3 is 15.4 Å². The van der Waals surface area contributed by atoms with Gasteiger partial charge in [-0.15, -0.1) is 11.8 Å². The summed E-state index contributed by atoms with van der Waals surface area (Å²) < 4.78 is 11.8.